The van der Waals surface area contributed by atoms with Gasteiger partial charge < -0.3 is 4.74 Å². The minimum absolute atomic E-state index is 0.595. The average molecular weight is 438 g/mol. The van der Waals surface area contributed by atoms with Crippen LogP contribution < -0.4 is 25.0 Å². The molecule has 7 heteroatoms. The summed E-state index contributed by atoms with van der Waals surface area (Å²) in [5, 5.41) is 0. The number of carbonyl (C=O) groups is 1. The Morgan fingerprint density at radius 3 is 2.26 bits per heavy atom. The number of hydrogen-bond acceptors (Lipinski definition) is 3. The molecule has 2 rings (SSSR count). The summed E-state index contributed by atoms with van der Waals surface area (Å²) in [4.78, 5) is 11.3. The minimum atomic E-state index is -5.01. The summed E-state index contributed by atoms with van der Waals surface area (Å²) in [5.74, 6) is -1.56. The quantitative estimate of drug-likeness (QED) is 0.660. The Kier molecular flexibility index (Phi) is 5.51. The van der Waals surface area contributed by atoms with E-state index in [0.717, 1.165) is 5.56 Å². The first kappa shape index (κ1) is 17.6. The summed E-state index contributed by atoms with van der Waals surface area (Å²) in [6.45, 7) is 1.76. The van der Waals surface area contributed by atoms with E-state index in [4.69, 9.17) is 7.80 Å². The first-order valence-electron chi connectivity index (χ1n) is 6.52. The van der Waals surface area contributed by atoms with E-state index in [1.165, 1.54) is 7.11 Å². The van der Waals surface area contributed by atoms with Crippen LogP contribution in [0.2, 0.25) is 0 Å². The molecule has 0 atom stereocenters. The van der Waals surface area contributed by atoms with Crippen molar-refractivity contribution in [2.24, 2.45) is 0 Å². The van der Waals surface area contributed by atoms with E-state index in [9.17, 15) is 18.0 Å². The topological polar surface area (TPSA) is 35.5 Å². The Bertz CT molecular complexity index is 687. The number of ether oxygens (including phenoxy) is 1. The summed E-state index contributed by atoms with van der Waals surface area (Å²) in [5.41, 5.74) is 0.730. The second kappa shape index (κ2) is 7.20. The SMILES string of the molecule is COc1ccc([I+](OC(=O)C(F)(F)F)c2ccccc2)c(C)c1. The molecule has 3 nitrogen and oxygen atoms in total. The normalized spacial score (nSPS) is 11.4. The molecule has 123 valence electrons. The van der Waals surface area contributed by atoms with Gasteiger partial charge in [-0.1, -0.05) is 18.2 Å². The Morgan fingerprint density at radius 1 is 1.09 bits per heavy atom. The molecule has 23 heavy (non-hydrogen) atoms. The fraction of sp³-hybridized carbons (Fsp3) is 0.188. The van der Waals surface area contributed by atoms with E-state index < -0.39 is 32.4 Å². The van der Waals surface area contributed by atoms with Crippen molar-refractivity contribution in [3.8, 4) is 5.75 Å². The number of alkyl halides is 3. The molecule has 2 aromatic carbocycles. The lowest BCUT2D eigenvalue weighted by atomic mass is 10.2. The maximum atomic E-state index is 12.6. The van der Waals surface area contributed by atoms with E-state index in [0.29, 0.717) is 12.9 Å². The van der Waals surface area contributed by atoms with Crippen LogP contribution in [0.15, 0.2) is 48.5 Å². The van der Waals surface area contributed by atoms with Gasteiger partial charge in [-0.15, -0.1) is 0 Å². The van der Waals surface area contributed by atoms with Gasteiger partial charge in [0.25, 0.3) is 0 Å². The molecule has 0 aliphatic rings. The zero-order valence-corrected chi connectivity index (χ0v) is 14.5. The maximum Gasteiger partial charge on any atom is 0.496 e. The van der Waals surface area contributed by atoms with Crippen molar-refractivity contribution in [3.63, 3.8) is 0 Å². The Morgan fingerprint density at radius 2 is 1.74 bits per heavy atom. The maximum absolute atomic E-state index is 12.6. The van der Waals surface area contributed by atoms with Gasteiger partial charge in [0, 0.05) is 5.56 Å². The summed E-state index contributed by atoms with van der Waals surface area (Å²) in [7, 11) is 1.51. The van der Waals surface area contributed by atoms with Crippen LogP contribution >= 0.6 is 0 Å². The Balaban J connectivity index is 2.44. The van der Waals surface area contributed by atoms with Gasteiger partial charge in [-0.3, -0.25) is 0 Å². The molecule has 1 radical (unpaired) electrons. The third-order valence-corrected chi connectivity index (χ3v) is 7.82. The minimum Gasteiger partial charge on any atom is -0.497 e. The molecule has 0 N–H and O–H groups in total. The molecule has 0 bridgehead atoms. The van der Waals surface area contributed by atoms with Crippen molar-refractivity contribution in [1.82, 2.24) is 0 Å². The first-order valence-corrected chi connectivity index (χ1v) is 9.56. The van der Waals surface area contributed by atoms with E-state index in [-0.39, 0.29) is 0 Å². The van der Waals surface area contributed by atoms with Crippen LogP contribution in [-0.2, 0) is 7.86 Å². The number of carbonyl (C=O) groups excluding carboxylic acids is 1. The summed E-state index contributed by atoms with van der Waals surface area (Å²) < 4.78 is 49.0. The second-order valence-corrected chi connectivity index (χ2v) is 8.79. The molecule has 0 heterocycles. The third-order valence-electron chi connectivity index (χ3n) is 2.86. The van der Waals surface area contributed by atoms with Crippen LogP contribution in [0.3, 0.4) is 0 Å². The highest BCUT2D eigenvalue weighted by molar-refractivity contribution is 5.74. The van der Waals surface area contributed by atoms with E-state index in [2.05, 4.69) is 0 Å². The third kappa shape index (κ3) is 4.37. The largest absolute Gasteiger partial charge is 0.497 e. The predicted octanol–water partition coefficient (Wildman–Crippen LogP) is 0.688. The number of methoxy groups -OCH3 is 1. The lowest BCUT2D eigenvalue weighted by Crippen LogP contribution is -3.86. The monoisotopic (exact) mass is 438 g/mol. The molecule has 2 aromatic rings. The number of benzene rings is 2. The van der Waals surface area contributed by atoms with Crippen molar-refractivity contribution in [1.29, 1.82) is 0 Å². The molecular formula is C16H14F3IO3+. The van der Waals surface area contributed by atoms with Gasteiger partial charge in [-0.25, -0.2) is 7.86 Å². The molecular weight excluding hydrogens is 424 g/mol. The molecule has 0 spiro atoms. The van der Waals surface area contributed by atoms with E-state index >= 15 is 0 Å². The molecule has 0 amide bonds. The van der Waals surface area contributed by atoms with Gasteiger partial charge in [0.1, 0.15) is 5.75 Å². The van der Waals surface area contributed by atoms with Gasteiger partial charge in [0.2, 0.25) is 0 Å². The van der Waals surface area contributed by atoms with Crippen LogP contribution in [0.1, 0.15) is 5.56 Å². The van der Waals surface area contributed by atoms with E-state index in [1.54, 1.807) is 55.5 Å². The van der Waals surface area contributed by atoms with Crippen molar-refractivity contribution >= 4 is 5.97 Å². The van der Waals surface area contributed by atoms with Crippen molar-refractivity contribution in [2.75, 3.05) is 7.11 Å². The molecule has 0 unspecified atom stereocenters. The first-order chi connectivity index (χ1) is 10.8. The highest BCUT2D eigenvalue weighted by atomic mass is 127. The zero-order valence-electron chi connectivity index (χ0n) is 12.4. The summed E-state index contributed by atoms with van der Waals surface area (Å²) in [6.07, 6.45) is -5.01. The van der Waals surface area contributed by atoms with Gasteiger partial charge in [-0.2, -0.15) is 13.2 Å². The number of rotatable bonds is 4. The molecule has 0 saturated carbocycles. The fourth-order valence-corrected chi connectivity index (χ4v) is 6.10. The summed E-state index contributed by atoms with van der Waals surface area (Å²) in [6, 6.07) is 13.6. The van der Waals surface area contributed by atoms with Crippen LogP contribution in [0.25, 0.3) is 0 Å². The highest BCUT2D eigenvalue weighted by Crippen LogP contribution is 2.15. The van der Waals surface area contributed by atoms with E-state index in [1.807, 2.05) is 0 Å². The van der Waals surface area contributed by atoms with Crippen molar-refractivity contribution in [3.05, 3.63) is 61.2 Å². The molecule has 0 aromatic heterocycles. The van der Waals surface area contributed by atoms with Gasteiger partial charge in [-0.05, 0) is 37.3 Å². The van der Waals surface area contributed by atoms with Gasteiger partial charge >= 0.3 is 32.4 Å². The molecule has 0 aliphatic carbocycles. The fourth-order valence-electron chi connectivity index (χ4n) is 1.78. The van der Waals surface area contributed by atoms with Crippen molar-refractivity contribution in [2.45, 2.75) is 13.1 Å². The van der Waals surface area contributed by atoms with Crippen LogP contribution in [0.4, 0.5) is 13.2 Å². The smallest absolute Gasteiger partial charge is 0.496 e. The number of halogens is 4. The molecule has 0 saturated heterocycles. The molecule has 0 aliphatic heterocycles. The summed E-state index contributed by atoms with van der Waals surface area (Å²) >= 11 is -3.02. The standard InChI is InChI=1S/C16H14F3IO3/c1-11-10-13(22-2)8-9-14(11)20(12-6-4-3-5-7-12)23-15(21)16(17,18)19/h3-10H,1-2H3/q+1. The van der Waals surface area contributed by atoms with Crippen LogP contribution in [0, 0.1) is 14.1 Å². The zero-order chi connectivity index (χ0) is 17.0. The number of aryl methyl sites for hydroxylation is 1. The molecule has 0 fully saturated rings. The lowest BCUT2D eigenvalue weighted by molar-refractivity contribution is -1.04. The average Bonchev–Trinajstić information content (AvgIpc) is 2.52. The van der Waals surface area contributed by atoms with Gasteiger partial charge in [0.05, 0.1) is 7.11 Å². The highest BCUT2D eigenvalue weighted by Gasteiger charge is 2.48. The van der Waals surface area contributed by atoms with Crippen LogP contribution in [-0.4, -0.2) is 19.3 Å². The number of hydrogen-bond donors (Lipinski definition) is 0. The van der Waals surface area contributed by atoms with Gasteiger partial charge in [0.15, 0.2) is 7.14 Å². The Labute approximate surface area is 139 Å². The second-order valence-electron chi connectivity index (χ2n) is 4.52. The van der Waals surface area contributed by atoms with Crippen molar-refractivity contribution < 1.29 is 46.0 Å². The lowest BCUT2D eigenvalue weighted by Gasteiger charge is -2.09. The van der Waals surface area contributed by atoms with Crippen LogP contribution in [0.5, 0.6) is 5.75 Å². The predicted molar refractivity (Wildman–Crippen MR) is 73.7 cm³/mol. The Hall–Kier alpha value is -1.77.